The maximum absolute atomic E-state index is 13.6. The number of hydrogen-bond acceptors (Lipinski definition) is 4. The molecule has 2 unspecified atom stereocenters. The predicted octanol–water partition coefficient (Wildman–Crippen LogP) is 3.27. The second-order valence-electron chi connectivity index (χ2n) is 5.65. The molecule has 0 radical (unpaired) electrons. The fraction of sp³-hybridized carbons (Fsp3) is 0.643. The molecule has 1 fully saturated rings. The smallest absolute Gasteiger partial charge is 0.178 e. The standard InChI is InChI=1S/C14H22F2N4/c1-9-3-2-4-10(7-9)5-6-18-13-11(15)8-12(16)14(19-13)20-17/h8-10H,2-7,17H2,1H3,(H2,18,19,20). The Balaban J connectivity index is 1.87. The van der Waals surface area contributed by atoms with E-state index in [9.17, 15) is 8.78 Å². The predicted molar refractivity (Wildman–Crippen MR) is 76.2 cm³/mol. The first-order valence-electron chi connectivity index (χ1n) is 7.16. The van der Waals surface area contributed by atoms with Crippen LogP contribution in [0, 0.1) is 23.5 Å². The first-order valence-corrected chi connectivity index (χ1v) is 7.16. The Bertz CT molecular complexity index is 453. The van der Waals surface area contributed by atoms with E-state index in [0.29, 0.717) is 12.5 Å². The maximum Gasteiger partial charge on any atom is 0.178 e. The number of nitrogen functional groups attached to an aromatic ring is 1. The van der Waals surface area contributed by atoms with Crippen molar-refractivity contribution in [3.05, 3.63) is 17.7 Å². The number of nitrogens with zero attached hydrogens (tertiary/aromatic N) is 1. The van der Waals surface area contributed by atoms with Crippen molar-refractivity contribution in [3.8, 4) is 0 Å². The first-order chi connectivity index (χ1) is 9.60. The zero-order chi connectivity index (χ0) is 14.5. The van der Waals surface area contributed by atoms with E-state index in [2.05, 4.69) is 22.7 Å². The molecule has 0 aromatic carbocycles. The summed E-state index contributed by atoms with van der Waals surface area (Å²) >= 11 is 0. The van der Waals surface area contributed by atoms with Crippen molar-refractivity contribution < 1.29 is 8.78 Å². The van der Waals surface area contributed by atoms with Crippen LogP contribution in [0.5, 0.6) is 0 Å². The Labute approximate surface area is 118 Å². The Morgan fingerprint density at radius 2 is 2.05 bits per heavy atom. The summed E-state index contributed by atoms with van der Waals surface area (Å²) in [6.45, 7) is 2.91. The van der Waals surface area contributed by atoms with Crippen LogP contribution in [0.4, 0.5) is 20.4 Å². The van der Waals surface area contributed by atoms with Crippen molar-refractivity contribution in [3.63, 3.8) is 0 Å². The Hall–Kier alpha value is -1.43. The SMILES string of the molecule is CC1CCCC(CCNc2nc(NN)c(F)cc2F)C1. The van der Waals surface area contributed by atoms with Gasteiger partial charge in [-0.05, 0) is 24.7 Å². The van der Waals surface area contributed by atoms with E-state index in [0.717, 1.165) is 18.4 Å². The lowest BCUT2D eigenvalue weighted by Crippen LogP contribution is -2.18. The molecule has 4 nitrogen and oxygen atoms in total. The van der Waals surface area contributed by atoms with Gasteiger partial charge in [0.15, 0.2) is 23.3 Å². The van der Waals surface area contributed by atoms with Crippen molar-refractivity contribution in [2.24, 2.45) is 17.7 Å². The van der Waals surface area contributed by atoms with Crippen molar-refractivity contribution in [1.29, 1.82) is 0 Å². The number of hydrazine groups is 1. The van der Waals surface area contributed by atoms with E-state index < -0.39 is 11.6 Å². The molecular weight excluding hydrogens is 262 g/mol. The highest BCUT2D eigenvalue weighted by molar-refractivity contribution is 5.46. The van der Waals surface area contributed by atoms with Gasteiger partial charge in [-0.2, -0.15) is 0 Å². The van der Waals surface area contributed by atoms with E-state index in [1.807, 2.05) is 0 Å². The molecule has 0 spiro atoms. The highest BCUT2D eigenvalue weighted by Crippen LogP contribution is 2.30. The second kappa shape index (κ2) is 6.83. The minimum Gasteiger partial charge on any atom is -0.368 e. The van der Waals surface area contributed by atoms with Gasteiger partial charge in [-0.1, -0.05) is 26.2 Å². The summed E-state index contributed by atoms with van der Waals surface area (Å²) < 4.78 is 26.8. The molecule has 1 aliphatic rings. The van der Waals surface area contributed by atoms with Crippen molar-refractivity contribution in [2.45, 2.75) is 39.0 Å². The average molecular weight is 284 g/mol. The van der Waals surface area contributed by atoms with Gasteiger partial charge in [0, 0.05) is 12.6 Å². The minimum atomic E-state index is -0.795. The highest BCUT2D eigenvalue weighted by atomic mass is 19.1. The third kappa shape index (κ3) is 3.79. The lowest BCUT2D eigenvalue weighted by Gasteiger charge is -2.26. The van der Waals surface area contributed by atoms with Crippen LogP contribution >= 0.6 is 0 Å². The molecule has 2 atom stereocenters. The van der Waals surface area contributed by atoms with Crippen LogP contribution in [0.25, 0.3) is 0 Å². The summed E-state index contributed by atoms with van der Waals surface area (Å²) in [7, 11) is 0. The largest absolute Gasteiger partial charge is 0.368 e. The van der Waals surface area contributed by atoms with E-state index >= 15 is 0 Å². The molecule has 1 saturated carbocycles. The first kappa shape index (κ1) is 15.0. The summed E-state index contributed by atoms with van der Waals surface area (Å²) in [4.78, 5) is 3.79. The third-order valence-corrected chi connectivity index (χ3v) is 3.96. The molecule has 20 heavy (non-hydrogen) atoms. The number of halogens is 2. The molecule has 2 rings (SSSR count). The second-order valence-corrected chi connectivity index (χ2v) is 5.65. The minimum absolute atomic E-state index is 0.0446. The molecule has 0 aliphatic heterocycles. The summed E-state index contributed by atoms with van der Waals surface area (Å²) in [5.74, 6) is 4.99. The highest BCUT2D eigenvalue weighted by Gasteiger charge is 2.18. The van der Waals surface area contributed by atoms with Gasteiger partial charge in [-0.3, -0.25) is 0 Å². The molecule has 6 heteroatoms. The van der Waals surface area contributed by atoms with E-state index in [4.69, 9.17) is 5.84 Å². The molecule has 0 bridgehead atoms. The van der Waals surface area contributed by atoms with Crippen LogP contribution in [-0.2, 0) is 0 Å². The molecule has 112 valence electrons. The number of anilines is 2. The van der Waals surface area contributed by atoms with Gasteiger partial charge in [0.05, 0.1) is 0 Å². The Morgan fingerprint density at radius 1 is 1.30 bits per heavy atom. The lowest BCUT2D eigenvalue weighted by molar-refractivity contribution is 0.274. The van der Waals surface area contributed by atoms with Crippen molar-refractivity contribution in [1.82, 2.24) is 4.98 Å². The Morgan fingerprint density at radius 3 is 2.75 bits per heavy atom. The fourth-order valence-corrected chi connectivity index (χ4v) is 2.91. The van der Waals surface area contributed by atoms with Crippen LogP contribution < -0.4 is 16.6 Å². The Kier molecular flexibility index (Phi) is 5.11. The molecule has 1 heterocycles. The molecule has 1 aliphatic carbocycles. The van der Waals surface area contributed by atoms with Gasteiger partial charge >= 0.3 is 0 Å². The lowest BCUT2D eigenvalue weighted by atomic mass is 9.81. The summed E-state index contributed by atoms with van der Waals surface area (Å²) in [5.41, 5.74) is 2.12. The number of nitrogens with one attached hydrogen (secondary N) is 2. The van der Waals surface area contributed by atoms with Crippen LogP contribution in [0.1, 0.15) is 39.0 Å². The monoisotopic (exact) mass is 284 g/mol. The van der Waals surface area contributed by atoms with Gasteiger partial charge in [0.2, 0.25) is 0 Å². The van der Waals surface area contributed by atoms with Crippen molar-refractivity contribution >= 4 is 11.6 Å². The zero-order valence-electron chi connectivity index (χ0n) is 11.8. The van der Waals surface area contributed by atoms with Gasteiger partial charge in [-0.15, -0.1) is 0 Å². The number of pyridine rings is 1. The van der Waals surface area contributed by atoms with Crippen LogP contribution in [-0.4, -0.2) is 11.5 Å². The molecule has 1 aromatic rings. The summed E-state index contributed by atoms with van der Waals surface area (Å²) in [5, 5.41) is 2.93. The van der Waals surface area contributed by atoms with E-state index in [-0.39, 0.29) is 11.6 Å². The van der Waals surface area contributed by atoms with E-state index in [1.165, 1.54) is 25.7 Å². The number of hydrogen-bond donors (Lipinski definition) is 3. The topological polar surface area (TPSA) is 63.0 Å². The third-order valence-electron chi connectivity index (χ3n) is 3.96. The molecule has 4 N–H and O–H groups in total. The van der Waals surface area contributed by atoms with Crippen LogP contribution in [0.15, 0.2) is 6.07 Å². The van der Waals surface area contributed by atoms with Gasteiger partial charge < -0.3 is 10.7 Å². The van der Waals surface area contributed by atoms with Crippen molar-refractivity contribution in [2.75, 3.05) is 17.3 Å². The summed E-state index contributed by atoms with van der Waals surface area (Å²) in [6.07, 6.45) is 6.03. The fourth-order valence-electron chi connectivity index (χ4n) is 2.91. The van der Waals surface area contributed by atoms with Crippen LogP contribution in [0.3, 0.4) is 0 Å². The number of nitrogens with two attached hydrogens (primary N) is 1. The van der Waals surface area contributed by atoms with Gasteiger partial charge in [-0.25, -0.2) is 19.6 Å². The number of aromatic nitrogens is 1. The van der Waals surface area contributed by atoms with Gasteiger partial charge in [0.1, 0.15) is 0 Å². The normalized spacial score (nSPS) is 22.6. The quantitative estimate of drug-likeness (QED) is 0.573. The molecular formula is C14H22F2N4. The average Bonchev–Trinajstić information content (AvgIpc) is 2.41. The molecule has 0 amide bonds. The maximum atomic E-state index is 13.6. The molecule has 1 aromatic heterocycles. The zero-order valence-corrected chi connectivity index (χ0v) is 11.8. The van der Waals surface area contributed by atoms with Crippen LogP contribution in [0.2, 0.25) is 0 Å². The van der Waals surface area contributed by atoms with Gasteiger partial charge in [0.25, 0.3) is 0 Å². The number of rotatable bonds is 5. The molecule has 0 saturated heterocycles. The van der Waals surface area contributed by atoms with E-state index in [1.54, 1.807) is 0 Å². The summed E-state index contributed by atoms with van der Waals surface area (Å²) in [6, 6.07) is 0.785.